The zero-order valence-electron chi connectivity index (χ0n) is 9.95. The number of carbonyl (C=O) groups is 2. The lowest BCUT2D eigenvalue weighted by atomic mass is 9.94. The molecule has 0 atom stereocenters. The Balaban J connectivity index is 2.56. The van der Waals surface area contributed by atoms with E-state index in [0.29, 0.717) is 11.8 Å². The van der Waals surface area contributed by atoms with Gasteiger partial charge in [-0.2, -0.15) is 10.5 Å². The van der Waals surface area contributed by atoms with E-state index in [1.807, 2.05) is 0 Å². The van der Waals surface area contributed by atoms with Crippen LogP contribution < -0.4 is 0 Å². The van der Waals surface area contributed by atoms with Gasteiger partial charge in [0.25, 0.3) is 0 Å². The maximum Gasteiger partial charge on any atom is 0.244 e. The summed E-state index contributed by atoms with van der Waals surface area (Å²) < 4.78 is 0. The van der Waals surface area contributed by atoms with Crippen molar-refractivity contribution in [2.45, 2.75) is 0 Å². The summed E-state index contributed by atoms with van der Waals surface area (Å²) >= 11 is 0.611. The van der Waals surface area contributed by atoms with E-state index in [1.54, 1.807) is 24.3 Å². The van der Waals surface area contributed by atoms with Gasteiger partial charge in [-0.25, -0.2) is 0 Å². The van der Waals surface area contributed by atoms with Crippen molar-refractivity contribution in [1.29, 1.82) is 10.5 Å². The Morgan fingerprint density at radius 2 is 1.80 bits per heavy atom. The van der Waals surface area contributed by atoms with E-state index < -0.39 is 11.6 Å². The second-order valence-electron chi connectivity index (χ2n) is 3.73. The summed E-state index contributed by atoms with van der Waals surface area (Å²) in [6.07, 6.45) is 0.948. The number of aliphatic hydroxyl groups excluding tert-OH is 1. The molecule has 5 nitrogen and oxygen atoms in total. The number of hydrogen-bond acceptors (Lipinski definition) is 6. The number of thioether (sulfide) groups is 1. The van der Waals surface area contributed by atoms with E-state index in [0.717, 1.165) is 6.08 Å². The van der Waals surface area contributed by atoms with Crippen LogP contribution in [0.25, 0.3) is 5.76 Å². The normalized spacial score (nSPS) is 14.6. The molecule has 1 aliphatic carbocycles. The summed E-state index contributed by atoms with van der Waals surface area (Å²) in [5, 5.41) is 27.4. The Morgan fingerprint density at radius 3 is 2.40 bits per heavy atom. The molecular weight excluding hydrogens is 276 g/mol. The molecule has 0 unspecified atom stereocenters. The molecule has 0 radical (unpaired) electrons. The molecular formula is C14H6N2O3S. The third-order valence-corrected chi connectivity index (χ3v) is 3.58. The predicted octanol–water partition coefficient (Wildman–Crippen LogP) is 2.34. The number of Topliss-reactive ketones (excluding diaryl/α,β-unsaturated/α-hetero) is 2. The number of rotatable bonds is 2. The van der Waals surface area contributed by atoms with Crippen molar-refractivity contribution in [3.05, 3.63) is 51.3 Å². The van der Waals surface area contributed by atoms with Crippen molar-refractivity contribution in [3.63, 3.8) is 0 Å². The summed E-state index contributed by atoms with van der Waals surface area (Å²) in [4.78, 5) is 23.6. The molecule has 0 amide bonds. The largest absolute Gasteiger partial charge is 0.506 e. The fraction of sp³-hybridized carbons (Fsp3) is 0. The highest BCUT2D eigenvalue weighted by Crippen LogP contribution is 2.36. The zero-order valence-corrected chi connectivity index (χ0v) is 10.8. The fourth-order valence-electron chi connectivity index (χ4n) is 1.69. The smallest absolute Gasteiger partial charge is 0.244 e. The summed E-state index contributed by atoms with van der Waals surface area (Å²) in [6, 6.07) is 9.55. The minimum absolute atomic E-state index is 0.0745. The molecule has 20 heavy (non-hydrogen) atoms. The molecule has 0 saturated heterocycles. The van der Waals surface area contributed by atoms with Gasteiger partial charge in [-0.1, -0.05) is 36.0 Å². The highest BCUT2D eigenvalue weighted by Gasteiger charge is 2.33. The first-order valence-electron chi connectivity index (χ1n) is 5.39. The third kappa shape index (κ3) is 2.20. The number of fused-ring (bicyclic) bond motifs is 1. The van der Waals surface area contributed by atoms with Crippen molar-refractivity contribution in [1.82, 2.24) is 0 Å². The van der Waals surface area contributed by atoms with Gasteiger partial charge in [0.1, 0.15) is 21.6 Å². The minimum Gasteiger partial charge on any atom is -0.506 e. The first kappa shape index (κ1) is 13.6. The number of benzene rings is 1. The van der Waals surface area contributed by atoms with Crippen LogP contribution >= 0.6 is 11.8 Å². The molecule has 0 heterocycles. The number of carbonyl (C=O) groups excluding carboxylic acids is 2. The van der Waals surface area contributed by atoms with Crippen LogP contribution in [0, 0.1) is 22.7 Å². The first-order valence-corrected chi connectivity index (χ1v) is 6.21. The van der Waals surface area contributed by atoms with E-state index in [9.17, 15) is 14.7 Å². The lowest BCUT2D eigenvalue weighted by molar-refractivity contribution is -0.111. The van der Waals surface area contributed by atoms with Gasteiger partial charge in [0, 0.05) is 17.2 Å². The molecule has 96 valence electrons. The Bertz CT molecular complexity index is 763. The molecule has 0 aromatic heterocycles. The van der Waals surface area contributed by atoms with Gasteiger partial charge in [0.2, 0.25) is 11.6 Å². The maximum absolute atomic E-state index is 11.9. The molecule has 0 spiro atoms. The van der Waals surface area contributed by atoms with E-state index in [4.69, 9.17) is 10.5 Å². The fourth-order valence-corrected chi connectivity index (χ4v) is 2.46. The van der Waals surface area contributed by atoms with Crippen molar-refractivity contribution in [2.24, 2.45) is 0 Å². The Hall–Kier alpha value is -2.83. The van der Waals surface area contributed by atoms with Crippen molar-refractivity contribution < 1.29 is 14.7 Å². The van der Waals surface area contributed by atoms with Crippen molar-refractivity contribution in [2.75, 3.05) is 0 Å². The number of allylic oxidation sites excluding steroid dienone is 3. The van der Waals surface area contributed by atoms with Crippen LogP contribution in [0.4, 0.5) is 0 Å². The van der Waals surface area contributed by atoms with Gasteiger partial charge < -0.3 is 5.11 Å². The molecule has 0 aliphatic heterocycles. The average molecular weight is 282 g/mol. The van der Waals surface area contributed by atoms with Crippen LogP contribution in [0.15, 0.2) is 40.2 Å². The van der Waals surface area contributed by atoms with Gasteiger partial charge in [0.05, 0.1) is 6.07 Å². The molecule has 0 saturated carbocycles. The molecule has 2 rings (SSSR count). The second-order valence-corrected chi connectivity index (χ2v) is 4.79. The van der Waals surface area contributed by atoms with Gasteiger partial charge in [-0.3, -0.25) is 9.59 Å². The van der Waals surface area contributed by atoms with E-state index >= 15 is 0 Å². The monoisotopic (exact) mass is 282 g/mol. The third-order valence-electron chi connectivity index (χ3n) is 2.57. The van der Waals surface area contributed by atoms with Crippen LogP contribution in [0.1, 0.15) is 15.9 Å². The average Bonchev–Trinajstić information content (AvgIpc) is 2.48. The zero-order chi connectivity index (χ0) is 14.7. The van der Waals surface area contributed by atoms with Crippen LogP contribution in [0.5, 0.6) is 0 Å². The second kappa shape index (κ2) is 5.43. The van der Waals surface area contributed by atoms with Crippen LogP contribution in [0.2, 0.25) is 0 Å². The summed E-state index contributed by atoms with van der Waals surface area (Å²) in [6.45, 7) is 0. The summed E-state index contributed by atoms with van der Waals surface area (Å²) in [7, 11) is 0. The van der Waals surface area contributed by atoms with Gasteiger partial charge >= 0.3 is 0 Å². The van der Waals surface area contributed by atoms with Gasteiger partial charge in [0.15, 0.2) is 0 Å². The molecule has 1 aliphatic rings. The summed E-state index contributed by atoms with van der Waals surface area (Å²) in [5.41, 5.74) is 0.371. The lowest BCUT2D eigenvalue weighted by Gasteiger charge is -2.16. The number of nitriles is 2. The molecule has 1 N–H and O–H groups in total. The quantitative estimate of drug-likeness (QED) is 0.659. The van der Waals surface area contributed by atoms with Crippen LogP contribution in [-0.2, 0) is 4.79 Å². The highest BCUT2D eigenvalue weighted by atomic mass is 32.2. The van der Waals surface area contributed by atoms with Gasteiger partial charge in [-0.15, -0.1) is 0 Å². The van der Waals surface area contributed by atoms with Crippen LogP contribution in [0.3, 0.4) is 0 Å². The topological polar surface area (TPSA) is 102 Å². The number of hydrogen-bond donors (Lipinski definition) is 1. The standard InChI is InChI=1S/C14H6N2O3S/c15-6-5-8(7-16)20-14-12(18)10-4-2-1-3-9(10)11(17)13(14)19/h1-5,18H/b8-5+. The molecule has 1 aromatic carbocycles. The number of ketones is 2. The highest BCUT2D eigenvalue weighted by molar-refractivity contribution is 8.08. The summed E-state index contributed by atoms with van der Waals surface area (Å²) in [5.74, 6) is -1.98. The van der Waals surface area contributed by atoms with Crippen LogP contribution in [-0.4, -0.2) is 16.7 Å². The predicted molar refractivity (Wildman–Crippen MR) is 72.2 cm³/mol. The van der Waals surface area contributed by atoms with E-state index in [1.165, 1.54) is 12.1 Å². The minimum atomic E-state index is -0.884. The maximum atomic E-state index is 11.9. The number of nitrogens with zero attached hydrogens (tertiary/aromatic N) is 2. The number of aliphatic hydroxyl groups is 1. The Labute approximate surface area is 118 Å². The lowest BCUT2D eigenvalue weighted by Crippen LogP contribution is -2.22. The molecule has 6 heteroatoms. The SMILES string of the molecule is N#C/C=C(\C#N)SC1=C(O)c2ccccc2C(=O)C1=O. The Kier molecular flexibility index (Phi) is 3.69. The van der Waals surface area contributed by atoms with Crippen molar-refractivity contribution >= 4 is 29.1 Å². The molecule has 0 bridgehead atoms. The van der Waals surface area contributed by atoms with E-state index in [-0.39, 0.29) is 26.7 Å². The Morgan fingerprint density at radius 1 is 1.15 bits per heavy atom. The first-order chi connectivity index (χ1) is 9.60. The molecule has 0 fully saturated rings. The van der Waals surface area contributed by atoms with Crippen molar-refractivity contribution in [3.8, 4) is 12.1 Å². The molecule has 1 aromatic rings. The van der Waals surface area contributed by atoms with Gasteiger partial charge in [-0.05, 0) is 0 Å². The van der Waals surface area contributed by atoms with E-state index in [2.05, 4.69) is 0 Å².